The second-order valence-corrected chi connectivity index (χ2v) is 9.70. The lowest BCUT2D eigenvalue weighted by Gasteiger charge is -2.33. The van der Waals surface area contributed by atoms with Crippen LogP contribution >= 0.6 is 0 Å². The molecule has 170 valence electrons. The van der Waals surface area contributed by atoms with Gasteiger partial charge in [0.25, 0.3) is 0 Å². The van der Waals surface area contributed by atoms with Gasteiger partial charge in [-0.05, 0) is 36.4 Å². The molecule has 30 heavy (non-hydrogen) atoms. The van der Waals surface area contributed by atoms with E-state index in [-0.39, 0.29) is 5.41 Å². The van der Waals surface area contributed by atoms with Crippen LogP contribution in [0.1, 0.15) is 51.8 Å². The first-order valence-electron chi connectivity index (χ1n) is 11.4. The molecular formula is C24H43N5O. The topological polar surface area (TPSA) is 63.1 Å². The zero-order chi connectivity index (χ0) is 22.1. The number of nitrogens with one attached hydrogen (secondary N) is 2. The molecule has 2 rings (SSSR count). The van der Waals surface area contributed by atoms with E-state index in [2.05, 4.69) is 74.2 Å². The van der Waals surface area contributed by atoms with Crippen molar-refractivity contribution in [2.75, 3.05) is 59.4 Å². The molecule has 3 N–H and O–H groups in total. The Balaban J connectivity index is 1.83. The lowest BCUT2D eigenvalue weighted by molar-refractivity contribution is 0.140. The molecule has 0 saturated carbocycles. The molecule has 2 atom stereocenters. The van der Waals surface area contributed by atoms with Crippen molar-refractivity contribution in [3.05, 3.63) is 35.4 Å². The van der Waals surface area contributed by atoms with Crippen LogP contribution in [0, 0.1) is 5.92 Å². The van der Waals surface area contributed by atoms with Crippen molar-refractivity contribution in [2.24, 2.45) is 10.9 Å². The van der Waals surface area contributed by atoms with Gasteiger partial charge in [-0.15, -0.1) is 0 Å². The molecule has 2 unspecified atom stereocenters. The number of hydrogen-bond acceptors (Lipinski definition) is 4. The molecule has 1 aromatic carbocycles. The maximum Gasteiger partial charge on any atom is 0.191 e. The van der Waals surface area contributed by atoms with Crippen LogP contribution in [0.25, 0.3) is 0 Å². The molecule has 6 heteroatoms. The Kier molecular flexibility index (Phi) is 9.59. The Hall–Kier alpha value is -1.63. The fraction of sp³-hybridized carbons (Fsp3) is 0.708. The van der Waals surface area contributed by atoms with Crippen molar-refractivity contribution < 1.29 is 5.11 Å². The summed E-state index contributed by atoms with van der Waals surface area (Å²) in [7, 11) is 2.19. The summed E-state index contributed by atoms with van der Waals surface area (Å²) in [5.74, 6) is 1.27. The Morgan fingerprint density at radius 1 is 1.10 bits per heavy atom. The van der Waals surface area contributed by atoms with Crippen molar-refractivity contribution >= 4 is 5.96 Å². The summed E-state index contributed by atoms with van der Waals surface area (Å²) in [5, 5.41) is 17.2. The predicted octanol–water partition coefficient (Wildman–Crippen LogP) is 2.46. The predicted molar refractivity (Wildman–Crippen MR) is 127 cm³/mol. The van der Waals surface area contributed by atoms with Gasteiger partial charge in [0.15, 0.2) is 5.96 Å². The highest BCUT2D eigenvalue weighted by atomic mass is 16.3. The van der Waals surface area contributed by atoms with Crippen LogP contribution in [-0.2, 0) is 5.41 Å². The average Bonchev–Trinajstić information content (AvgIpc) is 2.71. The molecule has 0 amide bonds. The lowest BCUT2D eigenvalue weighted by atomic mass is 9.86. The van der Waals surface area contributed by atoms with Gasteiger partial charge in [-0.3, -0.25) is 4.99 Å². The third-order valence-corrected chi connectivity index (χ3v) is 5.70. The zero-order valence-corrected chi connectivity index (χ0v) is 19.9. The minimum Gasteiger partial charge on any atom is -0.387 e. The molecule has 0 aromatic heterocycles. The number of hydrogen-bond donors (Lipinski definition) is 3. The van der Waals surface area contributed by atoms with Crippen LogP contribution in [0.2, 0.25) is 0 Å². The molecule has 1 aromatic rings. The van der Waals surface area contributed by atoms with Gasteiger partial charge in [0.05, 0.1) is 6.10 Å². The number of aliphatic hydroxyl groups excluding tert-OH is 1. The first-order valence-corrected chi connectivity index (χ1v) is 11.4. The quantitative estimate of drug-likeness (QED) is 0.448. The van der Waals surface area contributed by atoms with Crippen molar-refractivity contribution in [3.63, 3.8) is 0 Å². The molecule has 1 heterocycles. The largest absolute Gasteiger partial charge is 0.387 e. The second-order valence-electron chi connectivity index (χ2n) is 9.70. The molecule has 0 bridgehead atoms. The third kappa shape index (κ3) is 8.25. The Morgan fingerprint density at radius 2 is 1.73 bits per heavy atom. The van der Waals surface area contributed by atoms with Gasteiger partial charge in [0.1, 0.15) is 0 Å². The summed E-state index contributed by atoms with van der Waals surface area (Å²) in [4.78, 5) is 9.67. The summed E-state index contributed by atoms with van der Waals surface area (Å²) >= 11 is 0. The standard InChI is InChI=1S/C24H43N5O/c1-7-25-23(26-16-19(2)18-29-14-12-28(6)13-15-29)27-17-22(30)20-8-10-21(11-9-20)24(3,4)5/h8-11,19,22,30H,7,12-18H2,1-6H3,(H2,25,26,27). The average molecular weight is 418 g/mol. The minimum atomic E-state index is -0.564. The number of guanidine groups is 1. The number of nitrogens with zero attached hydrogens (tertiary/aromatic N) is 3. The monoisotopic (exact) mass is 417 g/mol. The molecule has 0 spiro atoms. The van der Waals surface area contributed by atoms with Crippen LogP contribution < -0.4 is 10.6 Å². The number of piperazine rings is 1. The van der Waals surface area contributed by atoms with Gasteiger partial charge in [-0.25, -0.2) is 0 Å². The fourth-order valence-electron chi connectivity index (χ4n) is 3.63. The van der Waals surface area contributed by atoms with Gasteiger partial charge in [-0.2, -0.15) is 0 Å². The van der Waals surface area contributed by atoms with E-state index in [1.165, 1.54) is 5.56 Å². The van der Waals surface area contributed by atoms with Gasteiger partial charge < -0.3 is 25.5 Å². The van der Waals surface area contributed by atoms with Crippen LogP contribution in [0.4, 0.5) is 0 Å². The van der Waals surface area contributed by atoms with Gasteiger partial charge in [0.2, 0.25) is 0 Å². The Bertz CT molecular complexity index is 645. The maximum atomic E-state index is 10.6. The number of aliphatic imine (C=N–C) groups is 1. The van der Waals surface area contributed by atoms with E-state index in [0.717, 1.165) is 57.3 Å². The summed E-state index contributed by atoms with van der Waals surface area (Å²) in [5.41, 5.74) is 2.32. The van der Waals surface area contributed by atoms with Gasteiger partial charge in [0, 0.05) is 52.4 Å². The van der Waals surface area contributed by atoms with Gasteiger partial charge >= 0.3 is 0 Å². The number of benzene rings is 1. The summed E-state index contributed by atoms with van der Waals surface area (Å²) in [6, 6.07) is 8.26. The first kappa shape index (κ1) is 24.6. The van der Waals surface area contributed by atoms with E-state index in [1.54, 1.807) is 0 Å². The smallest absolute Gasteiger partial charge is 0.191 e. The molecule has 6 nitrogen and oxygen atoms in total. The lowest BCUT2D eigenvalue weighted by Crippen LogP contribution is -2.46. The highest BCUT2D eigenvalue weighted by Gasteiger charge is 2.17. The van der Waals surface area contributed by atoms with Crippen molar-refractivity contribution in [1.29, 1.82) is 0 Å². The maximum absolute atomic E-state index is 10.6. The Labute approximate surface area is 183 Å². The van der Waals surface area contributed by atoms with Crippen LogP contribution in [0.3, 0.4) is 0 Å². The molecule has 0 aliphatic carbocycles. The van der Waals surface area contributed by atoms with Crippen LogP contribution in [0.15, 0.2) is 29.3 Å². The highest BCUT2D eigenvalue weighted by Crippen LogP contribution is 2.23. The zero-order valence-electron chi connectivity index (χ0n) is 19.9. The fourth-order valence-corrected chi connectivity index (χ4v) is 3.63. The molecule has 1 fully saturated rings. The van der Waals surface area contributed by atoms with E-state index >= 15 is 0 Å². The van der Waals surface area contributed by atoms with Crippen LogP contribution in [-0.4, -0.2) is 80.3 Å². The number of aliphatic hydroxyl groups is 1. The van der Waals surface area contributed by atoms with Crippen molar-refractivity contribution in [3.8, 4) is 0 Å². The SMILES string of the molecule is CCNC(=NCC(C)CN1CCN(C)CC1)NCC(O)c1ccc(C(C)(C)C)cc1. The van der Waals surface area contributed by atoms with Gasteiger partial charge in [-0.1, -0.05) is 52.0 Å². The molecule has 1 aliphatic rings. The first-order chi connectivity index (χ1) is 14.2. The third-order valence-electron chi connectivity index (χ3n) is 5.70. The molecule has 1 saturated heterocycles. The molecular weight excluding hydrogens is 374 g/mol. The van der Waals surface area contributed by atoms with Crippen molar-refractivity contribution in [1.82, 2.24) is 20.4 Å². The van der Waals surface area contributed by atoms with E-state index in [4.69, 9.17) is 4.99 Å². The summed E-state index contributed by atoms with van der Waals surface area (Å²) < 4.78 is 0. The van der Waals surface area contributed by atoms with Crippen molar-refractivity contribution in [2.45, 2.75) is 46.1 Å². The summed E-state index contributed by atoms with van der Waals surface area (Å²) in [6.45, 7) is 18.6. The minimum absolute atomic E-state index is 0.118. The number of likely N-dealkylation sites (N-methyl/N-ethyl adjacent to an activating group) is 1. The molecule has 0 radical (unpaired) electrons. The second kappa shape index (κ2) is 11.7. The number of rotatable bonds is 8. The van der Waals surface area contributed by atoms with E-state index in [9.17, 15) is 5.11 Å². The van der Waals surface area contributed by atoms with E-state index < -0.39 is 6.10 Å². The summed E-state index contributed by atoms with van der Waals surface area (Å²) in [6.07, 6.45) is -0.564. The Morgan fingerprint density at radius 3 is 2.30 bits per heavy atom. The molecule has 1 aliphatic heterocycles. The normalized spacial score (nSPS) is 18.8. The van der Waals surface area contributed by atoms with E-state index in [0.29, 0.717) is 12.5 Å². The van der Waals surface area contributed by atoms with E-state index in [1.807, 2.05) is 12.1 Å². The van der Waals surface area contributed by atoms with Crippen LogP contribution in [0.5, 0.6) is 0 Å². The highest BCUT2D eigenvalue weighted by molar-refractivity contribution is 5.79.